The number of rotatable bonds is 2. The van der Waals surface area contributed by atoms with Gasteiger partial charge in [-0.05, 0) is 24.3 Å². The first kappa shape index (κ1) is 10.8. The molecule has 5 nitrogen and oxygen atoms in total. The average molecular weight is 238 g/mol. The molecule has 16 heavy (non-hydrogen) atoms. The number of sulfonamides is 1. The Labute approximate surface area is 92.9 Å². The van der Waals surface area contributed by atoms with Crippen LogP contribution >= 0.6 is 0 Å². The molecule has 1 aromatic carbocycles. The predicted molar refractivity (Wildman–Crippen MR) is 59.7 cm³/mol. The largest absolute Gasteiger partial charge is 0.496 e. The summed E-state index contributed by atoms with van der Waals surface area (Å²) < 4.78 is 27.5. The van der Waals surface area contributed by atoms with Crippen molar-refractivity contribution in [2.75, 3.05) is 7.11 Å². The highest BCUT2D eigenvalue weighted by molar-refractivity contribution is 7.89. The molecule has 2 rings (SSSR count). The fourth-order valence-corrected chi connectivity index (χ4v) is 1.99. The molecule has 2 aromatic rings. The van der Waals surface area contributed by atoms with Gasteiger partial charge in [0.1, 0.15) is 5.75 Å². The molecule has 0 amide bonds. The minimum Gasteiger partial charge on any atom is -0.496 e. The topological polar surface area (TPSA) is 82.3 Å². The standard InChI is InChI=1S/C10H10N2O3S/c1-15-10-4-5-12-9-3-2-7(6-8(9)10)16(11,13)14/h2-6H,1H3,(H2,11,13,14). The van der Waals surface area contributed by atoms with E-state index < -0.39 is 10.0 Å². The van der Waals surface area contributed by atoms with Crippen LogP contribution in [0.4, 0.5) is 0 Å². The van der Waals surface area contributed by atoms with Crippen molar-refractivity contribution in [1.29, 1.82) is 0 Å². The van der Waals surface area contributed by atoms with Crippen molar-refractivity contribution < 1.29 is 13.2 Å². The maximum absolute atomic E-state index is 11.2. The Bertz CT molecular complexity index is 638. The van der Waals surface area contributed by atoms with Crippen LogP contribution in [0.2, 0.25) is 0 Å². The number of benzene rings is 1. The number of nitrogens with two attached hydrogens (primary N) is 1. The van der Waals surface area contributed by atoms with E-state index in [1.807, 2.05) is 0 Å². The predicted octanol–water partition coefficient (Wildman–Crippen LogP) is 0.891. The SMILES string of the molecule is COc1ccnc2ccc(S(N)(=O)=O)cc12. The third-order valence-corrected chi connectivity index (χ3v) is 3.13. The van der Waals surface area contributed by atoms with Gasteiger partial charge in [0.2, 0.25) is 10.0 Å². The van der Waals surface area contributed by atoms with Crippen LogP contribution in [0.5, 0.6) is 5.75 Å². The van der Waals surface area contributed by atoms with Gasteiger partial charge in [0, 0.05) is 11.6 Å². The Balaban J connectivity index is 2.78. The molecule has 84 valence electrons. The lowest BCUT2D eigenvalue weighted by Crippen LogP contribution is -2.11. The molecule has 1 aromatic heterocycles. The maximum atomic E-state index is 11.2. The summed E-state index contributed by atoms with van der Waals surface area (Å²) >= 11 is 0. The van der Waals surface area contributed by atoms with Gasteiger partial charge in [0.15, 0.2) is 0 Å². The van der Waals surface area contributed by atoms with Crippen LogP contribution < -0.4 is 9.88 Å². The number of pyridine rings is 1. The van der Waals surface area contributed by atoms with E-state index in [1.54, 1.807) is 18.3 Å². The number of fused-ring (bicyclic) bond motifs is 1. The van der Waals surface area contributed by atoms with E-state index in [9.17, 15) is 8.42 Å². The molecule has 0 saturated carbocycles. The number of hydrogen-bond donors (Lipinski definition) is 1. The first-order valence-electron chi connectivity index (χ1n) is 4.48. The molecule has 2 N–H and O–H groups in total. The summed E-state index contributed by atoms with van der Waals surface area (Å²) in [6.45, 7) is 0. The molecule has 0 atom stereocenters. The van der Waals surface area contributed by atoms with Crippen LogP contribution in [-0.2, 0) is 10.0 Å². The molecular weight excluding hydrogens is 228 g/mol. The molecule has 0 bridgehead atoms. The third-order valence-electron chi connectivity index (χ3n) is 2.22. The zero-order valence-electron chi connectivity index (χ0n) is 8.54. The lowest BCUT2D eigenvalue weighted by molar-refractivity contribution is 0.419. The minimum absolute atomic E-state index is 0.0475. The highest BCUT2D eigenvalue weighted by atomic mass is 32.2. The van der Waals surface area contributed by atoms with Crippen molar-refractivity contribution in [3.63, 3.8) is 0 Å². The van der Waals surface area contributed by atoms with E-state index in [0.29, 0.717) is 16.7 Å². The Morgan fingerprint density at radius 2 is 2.06 bits per heavy atom. The number of hydrogen-bond acceptors (Lipinski definition) is 4. The fraction of sp³-hybridized carbons (Fsp3) is 0.100. The first-order chi connectivity index (χ1) is 7.52. The van der Waals surface area contributed by atoms with Crippen LogP contribution in [-0.4, -0.2) is 20.5 Å². The van der Waals surface area contributed by atoms with Gasteiger partial charge in [-0.1, -0.05) is 0 Å². The summed E-state index contributed by atoms with van der Waals surface area (Å²) in [6.07, 6.45) is 1.60. The van der Waals surface area contributed by atoms with Gasteiger partial charge >= 0.3 is 0 Å². The highest BCUT2D eigenvalue weighted by Crippen LogP contribution is 2.25. The van der Waals surface area contributed by atoms with E-state index in [1.165, 1.54) is 19.2 Å². The second kappa shape index (κ2) is 3.73. The van der Waals surface area contributed by atoms with E-state index >= 15 is 0 Å². The van der Waals surface area contributed by atoms with E-state index in [4.69, 9.17) is 9.88 Å². The molecule has 0 unspecified atom stereocenters. The van der Waals surface area contributed by atoms with Crippen LogP contribution in [0.25, 0.3) is 10.9 Å². The maximum Gasteiger partial charge on any atom is 0.238 e. The molecule has 0 spiro atoms. The van der Waals surface area contributed by atoms with Crippen LogP contribution in [0, 0.1) is 0 Å². The van der Waals surface area contributed by atoms with E-state index in [-0.39, 0.29) is 4.90 Å². The summed E-state index contributed by atoms with van der Waals surface area (Å²) in [5.74, 6) is 0.565. The zero-order valence-corrected chi connectivity index (χ0v) is 9.36. The quantitative estimate of drug-likeness (QED) is 0.842. The molecule has 6 heteroatoms. The Hall–Kier alpha value is -1.66. The number of primary sulfonamides is 1. The third kappa shape index (κ3) is 1.84. The number of nitrogens with zero attached hydrogens (tertiary/aromatic N) is 1. The average Bonchev–Trinajstić information content (AvgIpc) is 2.26. The van der Waals surface area contributed by atoms with E-state index in [0.717, 1.165) is 0 Å². The van der Waals surface area contributed by atoms with Gasteiger partial charge in [0.05, 0.1) is 17.5 Å². The number of aromatic nitrogens is 1. The van der Waals surface area contributed by atoms with Gasteiger partial charge in [-0.25, -0.2) is 13.6 Å². The minimum atomic E-state index is -3.70. The van der Waals surface area contributed by atoms with Crippen molar-refractivity contribution in [3.8, 4) is 5.75 Å². The fourth-order valence-electron chi connectivity index (χ4n) is 1.46. The Kier molecular flexibility index (Phi) is 2.53. The smallest absolute Gasteiger partial charge is 0.238 e. The zero-order chi connectivity index (χ0) is 11.8. The van der Waals surface area contributed by atoms with Crippen molar-refractivity contribution in [1.82, 2.24) is 4.98 Å². The summed E-state index contributed by atoms with van der Waals surface area (Å²) in [6, 6.07) is 6.13. The van der Waals surface area contributed by atoms with Crippen LogP contribution in [0.1, 0.15) is 0 Å². The molecule has 1 heterocycles. The van der Waals surface area contributed by atoms with Crippen LogP contribution in [0.3, 0.4) is 0 Å². The normalized spacial score (nSPS) is 11.6. The summed E-state index contributed by atoms with van der Waals surface area (Å²) in [5, 5.41) is 5.67. The molecule has 0 radical (unpaired) electrons. The lowest BCUT2D eigenvalue weighted by atomic mass is 10.2. The van der Waals surface area contributed by atoms with Gasteiger partial charge in [0.25, 0.3) is 0 Å². The Morgan fingerprint density at radius 1 is 1.31 bits per heavy atom. The highest BCUT2D eigenvalue weighted by Gasteiger charge is 2.10. The lowest BCUT2D eigenvalue weighted by Gasteiger charge is -2.05. The van der Waals surface area contributed by atoms with Gasteiger partial charge in [-0.15, -0.1) is 0 Å². The summed E-state index contributed by atoms with van der Waals surface area (Å²) in [5.41, 5.74) is 0.659. The molecule has 0 aliphatic carbocycles. The van der Waals surface area contributed by atoms with Gasteiger partial charge in [-0.3, -0.25) is 4.98 Å². The second-order valence-corrected chi connectivity index (χ2v) is 4.80. The van der Waals surface area contributed by atoms with Crippen molar-refractivity contribution >= 4 is 20.9 Å². The monoisotopic (exact) mass is 238 g/mol. The summed E-state index contributed by atoms with van der Waals surface area (Å²) in [7, 11) is -2.19. The van der Waals surface area contributed by atoms with Crippen LogP contribution in [0.15, 0.2) is 35.4 Å². The number of ether oxygens (including phenoxy) is 1. The van der Waals surface area contributed by atoms with Crippen molar-refractivity contribution in [2.45, 2.75) is 4.90 Å². The van der Waals surface area contributed by atoms with Gasteiger partial charge in [-0.2, -0.15) is 0 Å². The first-order valence-corrected chi connectivity index (χ1v) is 6.02. The van der Waals surface area contributed by atoms with Crippen molar-refractivity contribution in [2.24, 2.45) is 5.14 Å². The van der Waals surface area contributed by atoms with Gasteiger partial charge < -0.3 is 4.74 Å². The second-order valence-electron chi connectivity index (χ2n) is 3.24. The molecule has 0 saturated heterocycles. The molecule has 0 aliphatic rings. The number of methoxy groups -OCH3 is 1. The molecule has 0 fully saturated rings. The molecule has 0 aliphatic heterocycles. The Morgan fingerprint density at radius 3 is 2.69 bits per heavy atom. The van der Waals surface area contributed by atoms with E-state index in [2.05, 4.69) is 4.98 Å². The summed E-state index contributed by atoms with van der Waals surface area (Å²) in [4.78, 5) is 4.14. The van der Waals surface area contributed by atoms with Crippen molar-refractivity contribution in [3.05, 3.63) is 30.5 Å². The molecular formula is C10H10N2O3S.